The van der Waals surface area contributed by atoms with Crippen LogP contribution >= 0.6 is 0 Å². The number of hydrogen-bond acceptors (Lipinski definition) is 7. The largest absolute Gasteiger partial charge is 0.448 e. The average molecular weight is 280 g/mol. The Labute approximate surface area is 115 Å². The minimum Gasteiger partial charge on any atom is -0.448 e. The number of ether oxygens (including phenoxy) is 1. The lowest BCUT2D eigenvalue weighted by Gasteiger charge is -2.01. The smallest absolute Gasteiger partial charge is 0.417 e. The highest BCUT2D eigenvalue weighted by atomic mass is 16.6. The zero-order chi connectivity index (χ0) is 14.5. The van der Waals surface area contributed by atoms with Crippen LogP contribution in [-0.2, 0) is 4.79 Å². The van der Waals surface area contributed by atoms with Gasteiger partial charge in [-0.05, 0) is 6.92 Å². The van der Waals surface area contributed by atoms with Crippen LogP contribution in [0.15, 0.2) is 15.1 Å². The van der Waals surface area contributed by atoms with Crippen LogP contribution < -0.4 is 10.1 Å². The molecule has 2 rings (SSSR count). The number of hydrogen-bond donors (Lipinski definition) is 1. The van der Waals surface area contributed by atoms with Gasteiger partial charge in [0.25, 0.3) is 0 Å². The molecule has 8 nitrogen and oxygen atoms in total. The molecule has 0 unspecified atom stereocenters. The van der Waals surface area contributed by atoms with Crippen molar-refractivity contribution in [1.82, 2.24) is 15.3 Å². The molecule has 2 heterocycles. The first-order chi connectivity index (χ1) is 9.54. The third-order valence-electron chi connectivity index (χ3n) is 2.39. The van der Waals surface area contributed by atoms with Crippen molar-refractivity contribution in [3.63, 3.8) is 0 Å². The van der Waals surface area contributed by atoms with Gasteiger partial charge in [0.15, 0.2) is 11.6 Å². The Balaban J connectivity index is 1.73. The van der Waals surface area contributed by atoms with Crippen LogP contribution in [0.1, 0.15) is 37.8 Å². The minimum atomic E-state index is -0.234. The van der Waals surface area contributed by atoms with Crippen LogP contribution in [0.3, 0.4) is 0 Å². The highest BCUT2D eigenvalue weighted by molar-refractivity contribution is 5.89. The first-order valence-corrected chi connectivity index (χ1v) is 6.24. The van der Waals surface area contributed by atoms with Gasteiger partial charge in [0.2, 0.25) is 5.91 Å². The fourth-order valence-corrected chi connectivity index (χ4v) is 1.37. The third-order valence-corrected chi connectivity index (χ3v) is 2.39. The summed E-state index contributed by atoms with van der Waals surface area (Å²) in [4.78, 5) is 15.6. The number of carbonyl (C=O) groups is 1. The van der Waals surface area contributed by atoms with Crippen molar-refractivity contribution in [2.75, 3.05) is 11.9 Å². The number of anilines is 1. The van der Waals surface area contributed by atoms with E-state index in [1.807, 2.05) is 13.8 Å². The lowest BCUT2D eigenvalue weighted by atomic mass is 10.2. The van der Waals surface area contributed by atoms with Crippen LogP contribution in [0.5, 0.6) is 6.08 Å². The summed E-state index contributed by atoms with van der Waals surface area (Å²) in [5.74, 6) is 1.51. The molecule has 2 aromatic heterocycles. The highest BCUT2D eigenvalue weighted by Crippen LogP contribution is 2.14. The number of aryl methyl sites for hydroxylation is 1. The van der Waals surface area contributed by atoms with E-state index in [0.29, 0.717) is 17.4 Å². The van der Waals surface area contributed by atoms with Crippen molar-refractivity contribution in [2.24, 2.45) is 0 Å². The zero-order valence-electron chi connectivity index (χ0n) is 11.5. The van der Waals surface area contributed by atoms with Gasteiger partial charge >= 0.3 is 6.08 Å². The van der Waals surface area contributed by atoms with Gasteiger partial charge in [0, 0.05) is 12.0 Å². The van der Waals surface area contributed by atoms with Gasteiger partial charge in [0.05, 0.1) is 6.42 Å². The summed E-state index contributed by atoms with van der Waals surface area (Å²) in [6, 6.07) is 1.63. The lowest BCUT2D eigenvalue weighted by molar-refractivity contribution is -0.116. The maximum Gasteiger partial charge on any atom is 0.417 e. The molecular formula is C12H16N4O4. The van der Waals surface area contributed by atoms with E-state index in [1.165, 1.54) is 0 Å². The molecule has 2 aromatic rings. The predicted octanol–water partition coefficient (Wildman–Crippen LogP) is 1.90. The number of nitrogens with one attached hydrogen (secondary N) is 1. The second-order valence-corrected chi connectivity index (χ2v) is 4.54. The van der Waals surface area contributed by atoms with E-state index in [1.54, 1.807) is 13.0 Å². The first-order valence-electron chi connectivity index (χ1n) is 6.24. The second-order valence-electron chi connectivity index (χ2n) is 4.54. The van der Waals surface area contributed by atoms with E-state index in [9.17, 15) is 4.79 Å². The molecule has 108 valence electrons. The van der Waals surface area contributed by atoms with Crippen molar-refractivity contribution >= 4 is 11.7 Å². The fraction of sp³-hybridized carbons (Fsp3) is 0.500. The Morgan fingerprint density at radius 3 is 2.80 bits per heavy atom. The van der Waals surface area contributed by atoms with E-state index < -0.39 is 0 Å². The van der Waals surface area contributed by atoms with Gasteiger partial charge < -0.3 is 14.6 Å². The van der Waals surface area contributed by atoms with Gasteiger partial charge in [0.1, 0.15) is 12.4 Å². The molecule has 0 aliphatic carbocycles. The molecule has 0 aliphatic heterocycles. The second kappa shape index (κ2) is 6.18. The average Bonchev–Trinajstić information content (AvgIpc) is 2.99. The molecule has 0 spiro atoms. The van der Waals surface area contributed by atoms with Gasteiger partial charge in [-0.1, -0.05) is 24.2 Å². The molecule has 1 amide bonds. The van der Waals surface area contributed by atoms with Crippen LogP contribution in [0, 0.1) is 6.92 Å². The summed E-state index contributed by atoms with van der Waals surface area (Å²) in [5, 5.41) is 9.99. The van der Waals surface area contributed by atoms with Crippen molar-refractivity contribution in [3.8, 4) is 6.08 Å². The normalized spacial score (nSPS) is 10.8. The summed E-state index contributed by atoms with van der Waals surface area (Å²) in [6.07, 6.45) is 0.212. The Hall–Kier alpha value is -2.38. The summed E-state index contributed by atoms with van der Waals surface area (Å²) in [6.45, 7) is 5.78. The molecule has 0 saturated heterocycles. The molecule has 0 aliphatic rings. The maximum absolute atomic E-state index is 11.6. The number of rotatable bonds is 6. The Morgan fingerprint density at radius 1 is 1.40 bits per heavy atom. The fourth-order valence-electron chi connectivity index (χ4n) is 1.37. The number of carbonyl (C=O) groups excluding carboxylic acids is 1. The van der Waals surface area contributed by atoms with Gasteiger partial charge in [-0.3, -0.25) is 9.32 Å². The van der Waals surface area contributed by atoms with Crippen molar-refractivity contribution in [3.05, 3.63) is 17.7 Å². The monoisotopic (exact) mass is 280 g/mol. The number of amides is 1. The van der Waals surface area contributed by atoms with E-state index in [0.717, 1.165) is 0 Å². The Bertz CT molecular complexity index is 576. The zero-order valence-corrected chi connectivity index (χ0v) is 11.5. The summed E-state index contributed by atoms with van der Waals surface area (Å²) in [7, 11) is 0. The topological polar surface area (TPSA) is 103 Å². The van der Waals surface area contributed by atoms with Crippen molar-refractivity contribution in [1.29, 1.82) is 0 Å². The van der Waals surface area contributed by atoms with Crippen molar-refractivity contribution < 1.29 is 18.6 Å². The molecule has 0 aromatic carbocycles. The van der Waals surface area contributed by atoms with Crippen LogP contribution in [-0.4, -0.2) is 27.8 Å². The van der Waals surface area contributed by atoms with Gasteiger partial charge in [-0.2, -0.15) is 4.98 Å². The standard InChI is InChI=1S/C12H16N4O4/c1-7(2)11-14-12(20-16-11)18-5-4-10(17)13-9-6-8(3)19-15-9/h6-7H,4-5H2,1-3H3,(H,13,15,17). The molecular weight excluding hydrogens is 264 g/mol. The molecule has 0 bridgehead atoms. The predicted molar refractivity (Wildman–Crippen MR) is 68.4 cm³/mol. The Morgan fingerprint density at radius 2 is 2.20 bits per heavy atom. The molecule has 20 heavy (non-hydrogen) atoms. The summed E-state index contributed by atoms with van der Waals surface area (Å²) >= 11 is 0. The first kappa shape index (κ1) is 14.0. The van der Waals surface area contributed by atoms with E-state index >= 15 is 0 Å². The van der Waals surface area contributed by atoms with Gasteiger partial charge in [-0.15, -0.1) is 0 Å². The number of nitrogens with zero attached hydrogens (tertiary/aromatic N) is 3. The highest BCUT2D eigenvalue weighted by Gasteiger charge is 2.11. The van der Waals surface area contributed by atoms with E-state index in [4.69, 9.17) is 13.8 Å². The SMILES string of the molecule is Cc1cc(NC(=O)CCOc2nc(C(C)C)no2)no1. The molecule has 1 N–H and O–H groups in total. The van der Waals surface area contributed by atoms with Crippen LogP contribution in [0.25, 0.3) is 0 Å². The molecule has 0 atom stereocenters. The lowest BCUT2D eigenvalue weighted by Crippen LogP contribution is -2.15. The molecule has 8 heteroatoms. The maximum atomic E-state index is 11.6. The third kappa shape index (κ3) is 3.81. The quantitative estimate of drug-likeness (QED) is 0.861. The number of aromatic nitrogens is 3. The molecule has 0 saturated carbocycles. The van der Waals surface area contributed by atoms with E-state index in [-0.39, 0.29) is 30.9 Å². The summed E-state index contributed by atoms with van der Waals surface area (Å²) in [5.41, 5.74) is 0. The van der Waals surface area contributed by atoms with E-state index in [2.05, 4.69) is 20.6 Å². The van der Waals surface area contributed by atoms with Gasteiger partial charge in [-0.25, -0.2) is 0 Å². The molecule has 0 radical (unpaired) electrons. The van der Waals surface area contributed by atoms with Crippen LogP contribution in [0.4, 0.5) is 5.82 Å². The Kier molecular flexibility index (Phi) is 4.34. The summed E-state index contributed by atoms with van der Waals surface area (Å²) < 4.78 is 14.9. The van der Waals surface area contributed by atoms with Crippen molar-refractivity contribution in [2.45, 2.75) is 33.1 Å². The van der Waals surface area contributed by atoms with Crippen LogP contribution in [0.2, 0.25) is 0 Å². The minimum absolute atomic E-state index is 0.0683. The molecule has 0 fully saturated rings.